The van der Waals surface area contributed by atoms with E-state index >= 15 is 0 Å². The molecule has 0 N–H and O–H groups in total. The zero-order chi connectivity index (χ0) is 27.4. The molecule has 2 bridgehead atoms. The summed E-state index contributed by atoms with van der Waals surface area (Å²) in [6.45, 7) is 29.0. The maximum absolute atomic E-state index is 7.36. The molecular weight excluding hydrogens is 493 g/mol. The molecule has 37 heavy (non-hydrogen) atoms. The molecule has 4 nitrogen and oxygen atoms in total. The summed E-state index contributed by atoms with van der Waals surface area (Å²) in [4.78, 5) is 0. The number of hydrogen-bond donors (Lipinski definition) is 0. The minimum atomic E-state index is -2.00. The molecule has 3 aliphatic carbocycles. The number of ether oxygens (including phenoxy) is 2. The Morgan fingerprint density at radius 2 is 1.41 bits per heavy atom. The van der Waals surface area contributed by atoms with Crippen LogP contribution in [-0.2, 0) is 18.3 Å². The van der Waals surface area contributed by atoms with Crippen LogP contribution in [0.2, 0.25) is 36.3 Å². The summed E-state index contributed by atoms with van der Waals surface area (Å²) in [5.41, 5.74) is -0.0593. The van der Waals surface area contributed by atoms with Gasteiger partial charge in [-0.2, -0.15) is 0 Å². The highest BCUT2D eigenvalue weighted by Gasteiger charge is 2.72. The van der Waals surface area contributed by atoms with Gasteiger partial charge < -0.3 is 18.3 Å². The van der Waals surface area contributed by atoms with Crippen molar-refractivity contribution in [1.82, 2.24) is 0 Å². The fourth-order valence-corrected chi connectivity index (χ4v) is 11.4. The number of fused-ring (bicyclic) bond motifs is 5. The first-order chi connectivity index (χ1) is 16.8. The highest BCUT2D eigenvalue weighted by molar-refractivity contribution is 6.74. The van der Waals surface area contributed by atoms with Gasteiger partial charge in [-0.1, -0.05) is 55.4 Å². The van der Waals surface area contributed by atoms with E-state index in [9.17, 15) is 0 Å². The minimum Gasteiger partial charge on any atom is -0.473 e. The molecule has 2 aliphatic heterocycles. The van der Waals surface area contributed by atoms with Crippen LogP contribution in [0.15, 0.2) is 12.3 Å². The first-order valence-corrected chi connectivity index (χ1v) is 21.0. The molecule has 1 spiro atoms. The fraction of sp³-hybridized carbons (Fsp3) is 0.935. The molecule has 0 unspecified atom stereocenters. The van der Waals surface area contributed by atoms with Gasteiger partial charge in [0.25, 0.3) is 0 Å². The quantitative estimate of drug-likeness (QED) is 0.329. The van der Waals surface area contributed by atoms with E-state index in [1.54, 1.807) is 0 Å². The maximum atomic E-state index is 7.36. The summed E-state index contributed by atoms with van der Waals surface area (Å²) < 4.78 is 27.4. The lowest BCUT2D eigenvalue weighted by Crippen LogP contribution is -2.66. The predicted molar refractivity (Wildman–Crippen MR) is 156 cm³/mol. The van der Waals surface area contributed by atoms with Gasteiger partial charge in [0.1, 0.15) is 5.60 Å². The van der Waals surface area contributed by atoms with Crippen LogP contribution in [0, 0.1) is 28.6 Å². The van der Waals surface area contributed by atoms with Crippen molar-refractivity contribution in [2.75, 3.05) is 0 Å². The van der Waals surface area contributed by atoms with Crippen LogP contribution in [0.4, 0.5) is 0 Å². The molecule has 0 amide bonds. The number of hydrogen-bond acceptors (Lipinski definition) is 4. The molecule has 0 aromatic rings. The molecule has 2 heterocycles. The van der Waals surface area contributed by atoms with Crippen LogP contribution in [0.5, 0.6) is 0 Å². The van der Waals surface area contributed by atoms with Gasteiger partial charge in [-0.25, -0.2) is 0 Å². The Kier molecular flexibility index (Phi) is 6.47. The largest absolute Gasteiger partial charge is 0.473 e. The van der Waals surface area contributed by atoms with E-state index < -0.39 is 16.6 Å². The Morgan fingerprint density at radius 3 is 2.00 bits per heavy atom. The van der Waals surface area contributed by atoms with Gasteiger partial charge in [0, 0.05) is 11.8 Å². The Labute approximate surface area is 229 Å². The molecule has 3 saturated carbocycles. The molecule has 0 aromatic heterocycles. The van der Waals surface area contributed by atoms with Crippen LogP contribution < -0.4 is 0 Å². The highest BCUT2D eigenvalue weighted by Crippen LogP contribution is 2.70. The first-order valence-electron chi connectivity index (χ1n) is 15.1. The van der Waals surface area contributed by atoms with Crippen molar-refractivity contribution in [3.05, 3.63) is 12.3 Å². The van der Waals surface area contributed by atoms with Crippen LogP contribution in [0.25, 0.3) is 0 Å². The van der Waals surface area contributed by atoms with Gasteiger partial charge in [-0.05, 0) is 97.6 Å². The Balaban J connectivity index is 1.49. The minimum absolute atomic E-state index is 0.0420. The molecule has 1 saturated heterocycles. The fourth-order valence-electron chi connectivity index (χ4n) is 8.60. The molecule has 4 fully saturated rings. The molecule has 0 aromatic carbocycles. The lowest BCUT2D eigenvalue weighted by atomic mass is 9.45. The van der Waals surface area contributed by atoms with E-state index in [4.69, 9.17) is 18.3 Å². The summed E-state index contributed by atoms with van der Waals surface area (Å²) in [7, 11) is -3.82. The zero-order valence-electron chi connectivity index (χ0n) is 26.0. The van der Waals surface area contributed by atoms with E-state index in [1.807, 2.05) is 6.26 Å². The van der Waals surface area contributed by atoms with E-state index in [0.29, 0.717) is 23.9 Å². The van der Waals surface area contributed by atoms with Crippen LogP contribution >= 0.6 is 0 Å². The second-order valence-corrected chi connectivity index (χ2v) is 26.4. The second-order valence-electron chi connectivity index (χ2n) is 16.9. The number of rotatable bonds is 4. The second kappa shape index (κ2) is 8.44. The van der Waals surface area contributed by atoms with Gasteiger partial charge in [0.05, 0.1) is 18.5 Å². The topological polar surface area (TPSA) is 36.9 Å². The van der Waals surface area contributed by atoms with E-state index in [-0.39, 0.29) is 38.9 Å². The molecule has 6 heteroatoms. The summed E-state index contributed by atoms with van der Waals surface area (Å²) in [5.74, 6) is 2.01. The Morgan fingerprint density at radius 1 is 0.811 bits per heavy atom. The van der Waals surface area contributed by atoms with Crippen LogP contribution in [-0.4, -0.2) is 40.7 Å². The lowest BCUT2D eigenvalue weighted by molar-refractivity contribution is -0.227. The van der Waals surface area contributed by atoms with Gasteiger partial charge >= 0.3 is 0 Å². The van der Waals surface area contributed by atoms with Crippen LogP contribution in [0.1, 0.15) is 93.9 Å². The van der Waals surface area contributed by atoms with Gasteiger partial charge in [-0.3, -0.25) is 0 Å². The molecule has 212 valence electrons. The van der Waals surface area contributed by atoms with Crippen molar-refractivity contribution in [3.8, 4) is 0 Å². The monoisotopic (exact) mass is 548 g/mol. The van der Waals surface area contributed by atoms with Gasteiger partial charge in [-0.15, -0.1) is 0 Å². The van der Waals surface area contributed by atoms with Crippen molar-refractivity contribution in [2.24, 2.45) is 28.6 Å². The van der Waals surface area contributed by atoms with E-state index in [1.165, 1.54) is 25.7 Å². The third kappa shape index (κ3) is 4.04. The average Bonchev–Trinajstić information content (AvgIpc) is 3.17. The predicted octanol–water partition coefficient (Wildman–Crippen LogP) is 8.65. The first kappa shape index (κ1) is 28.4. The van der Waals surface area contributed by atoms with Crippen molar-refractivity contribution in [1.29, 1.82) is 0 Å². The smallest absolute Gasteiger partial charge is 0.200 e. The summed E-state index contributed by atoms with van der Waals surface area (Å²) in [5, 5.41) is 0.413. The Hall–Kier alpha value is -0.146. The summed E-state index contributed by atoms with van der Waals surface area (Å²) in [6, 6.07) is 0. The van der Waals surface area contributed by atoms with Crippen molar-refractivity contribution in [2.45, 2.75) is 154 Å². The maximum Gasteiger partial charge on any atom is 0.200 e. The molecule has 5 aliphatic rings. The molecule has 9 atom stereocenters. The third-order valence-electron chi connectivity index (χ3n) is 13.0. The summed E-state index contributed by atoms with van der Waals surface area (Å²) >= 11 is 0. The third-order valence-corrected chi connectivity index (χ3v) is 21.9. The van der Waals surface area contributed by atoms with Crippen LogP contribution in [0.3, 0.4) is 0 Å². The standard InChI is InChI=1S/C31H56O4Si2/c1-27(2,3)36(9,10)34-24-14-13-22-21-19-25(35-37(11,12)28(4,5)6)31-17-18-32-26(33-31)20-30(31,8)23(21)15-16-29(22,24)7/h17-18,21-26H,13-16,19-20H2,1-12H3/t21-,22-,23-,24-,25-,26+,29-,30+,31-/m0/s1. The average molecular weight is 549 g/mol. The SMILES string of the molecule is CC(C)(C)[Si](C)(C)O[C@H]1CC[C@H]2[C@@H]3C[C@H](O[Si](C)(C)C(C)(C)C)[C@@]45C=CO[C@@H](C[C@]4(C)[C@H]3CC[C@]12C)O5. The molecule has 0 radical (unpaired) electrons. The van der Waals surface area contributed by atoms with E-state index in [2.05, 4.69) is 87.7 Å². The van der Waals surface area contributed by atoms with Gasteiger partial charge in [0.2, 0.25) is 6.29 Å². The molecular formula is C31H56O4Si2. The van der Waals surface area contributed by atoms with E-state index in [0.717, 1.165) is 12.8 Å². The highest BCUT2D eigenvalue weighted by atomic mass is 28.4. The van der Waals surface area contributed by atoms with Crippen molar-refractivity contribution >= 4 is 16.6 Å². The lowest BCUT2D eigenvalue weighted by Gasteiger charge is -2.63. The Bertz CT molecular complexity index is 932. The zero-order valence-corrected chi connectivity index (χ0v) is 28.0. The normalized spacial score (nSPS) is 45.7. The summed E-state index contributed by atoms with van der Waals surface area (Å²) in [6.07, 6.45) is 11.7. The van der Waals surface area contributed by atoms with Crippen molar-refractivity contribution < 1.29 is 18.3 Å². The van der Waals surface area contributed by atoms with Crippen molar-refractivity contribution in [3.63, 3.8) is 0 Å². The molecule has 5 rings (SSSR count). The van der Waals surface area contributed by atoms with Gasteiger partial charge in [0.15, 0.2) is 16.6 Å².